The number of carbonyl (C=O) groups excluding carboxylic acids is 1. The van der Waals surface area contributed by atoms with Gasteiger partial charge in [0.2, 0.25) is 0 Å². The Kier molecular flexibility index (Phi) is 4.93. The SMILES string of the molecule is CCOC(=O)C(=C1CCCC1)C(C)(CC)C(=O)O. The molecule has 0 saturated heterocycles. The fraction of sp³-hybridized carbons (Fsp3) is 0.714. The molecule has 102 valence electrons. The molecule has 1 fully saturated rings. The van der Waals surface area contributed by atoms with E-state index in [1.54, 1.807) is 20.8 Å². The number of rotatable bonds is 5. The highest BCUT2D eigenvalue weighted by molar-refractivity contribution is 5.98. The maximum atomic E-state index is 12.1. The molecule has 0 amide bonds. The lowest BCUT2D eigenvalue weighted by atomic mass is 9.76. The number of ether oxygens (including phenoxy) is 1. The van der Waals surface area contributed by atoms with E-state index >= 15 is 0 Å². The molecule has 1 aliphatic carbocycles. The van der Waals surface area contributed by atoms with Gasteiger partial charge in [0.15, 0.2) is 0 Å². The Hall–Kier alpha value is -1.32. The van der Waals surface area contributed by atoms with Crippen LogP contribution in [0.25, 0.3) is 0 Å². The molecule has 0 aromatic carbocycles. The molecule has 0 bridgehead atoms. The molecule has 1 saturated carbocycles. The first-order valence-corrected chi connectivity index (χ1v) is 6.60. The van der Waals surface area contributed by atoms with Gasteiger partial charge in [-0.2, -0.15) is 0 Å². The van der Waals surface area contributed by atoms with Crippen molar-refractivity contribution in [1.29, 1.82) is 0 Å². The van der Waals surface area contributed by atoms with E-state index in [1.807, 2.05) is 0 Å². The largest absolute Gasteiger partial charge is 0.481 e. The second-order valence-corrected chi connectivity index (χ2v) is 4.90. The van der Waals surface area contributed by atoms with Gasteiger partial charge in [-0.05, 0) is 46.0 Å². The number of carboxylic acids is 1. The Labute approximate surface area is 108 Å². The minimum Gasteiger partial charge on any atom is -0.481 e. The third kappa shape index (κ3) is 2.74. The second-order valence-electron chi connectivity index (χ2n) is 4.90. The molecule has 18 heavy (non-hydrogen) atoms. The minimum atomic E-state index is -1.13. The number of hydrogen-bond donors (Lipinski definition) is 1. The standard InChI is InChI=1S/C14H22O4/c1-4-14(3,13(16)17)11(12(15)18-5-2)10-8-6-7-9-10/h4-9H2,1-3H3,(H,16,17). The lowest BCUT2D eigenvalue weighted by molar-refractivity contribution is -0.151. The maximum Gasteiger partial charge on any atom is 0.335 e. The van der Waals surface area contributed by atoms with Crippen molar-refractivity contribution in [3.63, 3.8) is 0 Å². The first-order valence-electron chi connectivity index (χ1n) is 6.60. The van der Waals surface area contributed by atoms with Gasteiger partial charge in [0.1, 0.15) is 0 Å². The predicted octanol–water partition coefficient (Wildman–Crippen LogP) is 2.92. The molecule has 0 heterocycles. The fourth-order valence-electron chi connectivity index (χ4n) is 2.45. The van der Waals surface area contributed by atoms with Crippen molar-refractivity contribution in [3.05, 3.63) is 11.1 Å². The molecule has 0 aromatic heterocycles. The number of allylic oxidation sites excluding steroid dienone is 1. The Morgan fingerprint density at radius 1 is 1.28 bits per heavy atom. The van der Waals surface area contributed by atoms with Crippen LogP contribution in [-0.4, -0.2) is 23.7 Å². The average Bonchev–Trinajstić information content (AvgIpc) is 2.82. The van der Waals surface area contributed by atoms with E-state index in [9.17, 15) is 14.7 Å². The normalized spacial score (nSPS) is 18.3. The number of aliphatic carboxylic acids is 1. The summed E-state index contributed by atoms with van der Waals surface area (Å²) in [5, 5.41) is 9.44. The van der Waals surface area contributed by atoms with Gasteiger partial charge in [0, 0.05) is 0 Å². The molecule has 1 N–H and O–H groups in total. The molecule has 1 atom stereocenters. The van der Waals surface area contributed by atoms with E-state index in [4.69, 9.17) is 4.74 Å². The highest BCUT2D eigenvalue weighted by atomic mass is 16.5. The number of carboxylic acid groups (broad SMARTS) is 1. The quantitative estimate of drug-likeness (QED) is 0.605. The highest BCUT2D eigenvalue weighted by Crippen LogP contribution is 2.39. The van der Waals surface area contributed by atoms with Gasteiger partial charge >= 0.3 is 11.9 Å². The summed E-state index contributed by atoms with van der Waals surface area (Å²) in [5.74, 6) is -1.41. The molecule has 0 aromatic rings. The van der Waals surface area contributed by atoms with Crippen LogP contribution in [0.3, 0.4) is 0 Å². The van der Waals surface area contributed by atoms with E-state index in [-0.39, 0.29) is 6.61 Å². The molecule has 0 spiro atoms. The van der Waals surface area contributed by atoms with Gasteiger partial charge in [0.05, 0.1) is 17.6 Å². The fourth-order valence-corrected chi connectivity index (χ4v) is 2.45. The Morgan fingerprint density at radius 2 is 1.83 bits per heavy atom. The molecule has 0 aliphatic heterocycles. The van der Waals surface area contributed by atoms with Crippen molar-refractivity contribution in [2.45, 2.75) is 52.9 Å². The summed E-state index contributed by atoms with van der Waals surface area (Å²) >= 11 is 0. The topological polar surface area (TPSA) is 63.6 Å². The highest BCUT2D eigenvalue weighted by Gasteiger charge is 2.42. The molecule has 0 radical (unpaired) electrons. The van der Waals surface area contributed by atoms with E-state index in [2.05, 4.69) is 0 Å². The van der Waals surface area contributed by atoms with E-state index in [0.29, 0.717) is 12.0 Å². The Balaban J connectivity index is 3.23. The van der Waals surface area contributed by atoms with Crippen molar-refractivity contribution in [2.75, 3.05) is 6.61 Å². The first kappa shape index (κ1) is 14.7. The molecule has 1 unspecified atom stereocenters. The average molecular weight is 254 g/mol. The van der Waals surface area contributed by atoms with Crippen LogP contribution in [0.1, 0.15) is 52.9 Å². The van der Waals surface area contributed by atoms with Crippen LogP contribution < -0.4 is 0 Å². The van der Waals surface area contributed by atoms with Gasteiger partial charge in [-0.25, -0.2) is 4.79 Å². The van der Waals surface area contributed by atoms with Gasteiger partial charge < -0.3 is 9.84 Å². The van der Waals surface area contributed by atoms with Gasteiger partial charge in [-0.3, -0.25) is 4.79 Å². The summed E-state index contributed by atoms with van der Waals surface area (Å²) in [6.07, 6.45) is 4.07. The van der Waals surface area contributed by atoms with Crippen LogP contribution in [0.5, 0.6) is 0 Å². The molecule has 1 aliphatic rings. The zero-order valence-electron chi connectivity index (χ0n) is 11.4. The smallest absolute Gasteiger partial charge is 0.335 e. The first-order chi connectivity index (χ1) is 8.47. The van der Waals surface area contributed by atoms with Gasteiger partial charge in [-0.15, -0.1) is 0 Å². The van der Waals surface area contributed by atoms with Crippen LogP contribution in [0.15, 0.2) is 11.1 Å². The van der Waals surface area contributed by atoms with Crippen molar-refractivity contribution >= 4 is 11.9 Å². The lowest BCUT2D eigenvalue weighted by Gasteiger charge is -2.27. The van der Waals surface area contributed by atoms with Gasteiger partial charge in [0.25, 0.3) is 0 Å². The number of esters is 1. The zero-order valence-corrected chi connectivity index (χ0v) is 11.4. The summed E-state index contributed by atoms with van der Waals surface area (Å²) in [6, 6.07) is 0. The predicted molar refractivity (Wildman–Crippen MR) is 68.2 cm³/mol. The number of carbonyl (C=O) groups is 2. The monoisotopic (exact) mass is 254 g/mol. The van der Waals surface area contributed by atoms with E-state index < -0.39 is 17.4 Å². The summed E-state index contributed by atoms with van der Waals surface area (Å²) in [5.41, 5.74) is 0.225. The summed E-state index contributed by atoms with van der Waals surface area (Å²) in [6.45, 7) is 5.42. The van der Waals surface area contributed by atoms with Crippen LogP contribution >= 0.6 is 0 Å². The van der Waals surface area contributed by atoms with E-state index in [0.717, 1.165) is 31.3 Å². The molecule has 4 nitrogen and oxygen atoms in total. The van der Waals surface area contributed by atoms with Crippen LogP contribution in [0.2, 0.25) is 0 Å². The van der Waals surface area contributed by atoms with Crippen LogP contribution in [0, 0.1) is 5.41 Å². The van der Waals surface area contributed by atoms with Crippen molar-refractivity contribution < 1.29 is 19.4 Å². The van der Waals surface area contributed by atoms with Crippen LogP contribution in [-0.2, 0) is 14.3 Å². The van der Waals surface area contributed by atoms with E-state index in [1.165, 1.54) is 0 Å². The molecular formula is C14H22O4. The van der Waals surface area contributed by atoms with Gasteiger partial charge in [-0.1, -0.05) is 12.5 Å². The third-order valence-electron chi connectivity index (χ3n) is 3.77. The molecule has 1 rings (SSSR count). The Morgan fingerprint density at radius 3 is 2.22 bits per heavy atom. The summed E-state index contributed by atoms with van der Waals surface area (Å²) in [7, 11) is 0. The van der Waals surface area contributed by atoms with Crippen molar-refractivity contribution in [3.8, 4) is 0 Å². The number of hydrogen-bond acceptors (Lipinski definition) is 3. The lowest BCUT2D eigenvalue weighted by Crippen LogP contribution is -2.34. The molecular weight excluding hydrogens is 232 g/mol. The van der Waals surface area contributed by atoms with Crippen molar-refractivity contribution in [2.24, 2.45) is 5.41 Å². The summed E-state index contributed by atoms with van der Waals surface area (Å²) < 4.78 is 5.05. The second kappa shape index (κ2) is 6.03. The van der Waals surface area contributed by atoms with Crippen LogP contribution in [0.4, 0.5) is 0 Å². The summed E-state index contributed by atoms with van der Waals surface area (Å²) in [4.78, 5) is 23.6. The zero-order chi connectivity index (χ0) is 13.8. The molecule has 4 heteroatoms. The Bertz CT molecular complexity index is 362. The third-order valence-corrected chi connectivity index (χ3v) is 3.77. The minimum absolute atomic E-state index is 0.273. The maximum absolute atomic E-state index is 12.1. The van der Waals surface area contributed by atoms with Crippen molar-refractivity contribution in [1.82, 2.24) is 0 Å².